The average molecular weight is 329 g/mol. The maximum atomic E-state index is 12.5. The monoisotopic (exact) mass is 329 g/mol. The van der Waals surface area contributed by atoms with Crippen molar-refractivity contribution in [3.63, 3.8) is 0 Å². The minimum Gasteiger partial charge on any atom is -0.466 e. The van der Waals surface area contributed by atoms with Crippen LogP contribution >= 0.6 is 0 Å². The molecule has 2 aromatic heterocycles. The predicted molar refractivity (Wildman–Crippen MR) is 86.9 cm³/mol. The lowest BCUT2D eigenvalue weighted by Gasteiger charge is -2.26. The van der Waals surface area contributed by atoms with E-state index in [0.717, 1.165) is 24.1 Å². The number of aromatic amines is 1. The van der Waals surface area contributed by atoms with Crippen LogP contribution in [0.2, 0.25) is 0 Å². The number of pyridine rings is 1. The Kier molecular flexibility index (Phi) is 4.01. The molecular weight excluding hydrogens is 310 g/mol. The van der Waals surface area contributed by atoms with Crippen molar-refractivity contribution in [2.75, 3.05) is 0 Å². The minimum atomic E-state index is -0.781. The molecule has 1 aliphatic carbocycles. The standard InChI is InChI=1S/C17H19N3O4/c1-8-6-10(9(2)24-8)16(22)19-13-4-3-5-14-11(13)7-12(15(18)21)17(23)20-14/h6-7,13H,3-5H2,1-2H3,(H2,18,21)(H,19,22)(H,20,23). The average Bonchev–Trinajstić information content (AvgIpc) is 2.85. The lowest BCUT2D eigenvalue weighted by atomic mass is 9.90. The second-order valence-electron chi connectivity index (χ2n) is 6.06. The third-order valence-electron chi connectivity index (χ3n) is 4.31. The fourth-order valence-electron chi connectivity index (χ4n) is 3.17. The Morgan fingerprint density at radius 3 is 2.67 bits per heavy atom. The number of carbonyl (C=O) groups excluding carboxylic acids is 2. The van der Waals surface area contributed by atoms with Gasteiger partial charge in [-0.3, -0.25) is 14.4 Å². The molecule has 0 radical (unpaired) electrons. The first kappa shape index (κ1) is 16.0. The maximum Gasteiger partial charge on any atom is 0.261 e. The van der Waals surface area contributed by atoms with Crippen molar-refractivity contribution < 1.29 is 14.0 Å². The van der Waals surface area contributed by atoms with Gasteiger partial charge in [-0.15, -0.1) is 0 Å². The number of nitrogens with two attached hydrogens (primary N) is 1. The van der Waals surface area contributed by atoms with Crippen LogP contribution in [0.5, 0.6) is 0 Å². The van der Waals surface area contributed by atoms with Crippen molar-refractivity contribution in [1.82, 2.24) is 10.3 Å². The first-order valence-electron chi connectivity index (χ1n) is 7.80. The Labute approximate surface area is 138 Å². The van der Waals surface area contributed by atoms with Crippen LogP contribution in [0.1, 0.15) is 62.4 Å². The quantitative estimate of drug-likeness (QED) is 0.790. The highest BCUT2D eigenvalue weighted by Gasteiger charge is 2.26. The van der Waals surface area contributed by atoms with Gasteiger partial charge in [0.05, 0.1) is 11.6 Å². The third kappa shape index (κ3) is 2.84. The maximum absolute atomic E-state index is 12.5. The number of H-pyrrole nitrogens is 1. The van der Waals surface area contributed by atoms with Crippen LogP contribution in [0.4, 0.5) is 0 Å². The van der Waals surface area contributed by atoms with Crippen LogP contribution in [0.25, 0.3) is 0 Å². The Hall–Kier alpha value is -2.83. The molecule has 2 aromatic rings. The molecule has 1 unspecified atom stereocenters. The second kappa shape index (κ2) is 5.99. The van der Waals surface area contributed by atoms with Gasteiger partial charge in [-0.25, -0.2) is 0 Å². The molecular formula is C17H19N3O4. The molecule has 1 aliphatic rings. The smallest absolute Gasteiger partial charge is 0.261 e. The summed E-state index contributed by atoms with van der Waals surface area (Å²) in [5.41, 5.74) is 6.63. The zero-order valence-electron chi connectivity index (χ0n) is 13.6. The van der Waals surface area contributed by atoms with Gasteiger partial charge < -0.3 is 20.5 Å². The number of fused-ring (bicyclic) bond motifs is 1. The highest BCUT2D eigenvalue weighted by atomic mass is 16.3. The second-order valence-corrected chi connectivity index (χ2v) is 6.06. The number of hydrogen-bond acceptors (Lipinski definition) is 4. The van der Waals surface area contributed by atoms with Crippen molar-refractivity contribution >= 4 is 11.8 Å². The summed E-state index contributed by atoms with van der Waals surface area (Å²) in [5.74, 6) is 0.201. The first-order valence-corrected chi connectivity index (χ1v) is 7.80. The number of primary amides is 1. The van der Waals surface area contributed by atoms with Gasteiger partial charge in [0.1, 0.15) is 17.1 Å². The number of aryl methyl sites for hydroxylation is 3. The van der Waals surface area contributed by atoms with Crippen LogP contribution in [0, 0.1) is 13.8 Å². The highest BCUT2D eigenvalue weighted by molar-refractivity contribution is 5.96. The summed E-state index contributed by atoms with van der Waals surface area (Å²) in [4.78, 5) is 38.5. The van der Waals surface area contributed by atoms with E-state index in [9.17, 15) is 14.4 Å². The van der Waals surface area contributed by atoms with Crippen molar-refractivity contribution in [3.05, 3.63) is 56.4 Å². The fraction of sp³-hybridized carbons (Fsp3) is 0.353. The van der Waals surface area contributed by atoms with Crippen molar-refractivity contribution in [3.8, 4) is 0 Å². The van der Waals surface area contributed by atoms with Gasteiger partial charge in [-0.05, 0) is 50.8 Å². The molecule has 4 N–H and O–H groups in total. The van der Waals surface area contributed by atoms with Crippen molar-refractivity contribution in [2.45, 2.75) is 39.2 Å². The number of rotatable bonds is 3. The summed E-state index contributed by atoms with van der Waals surface area (Å²) in [7, 11) is 0. The van der Waals surface area contributed by atoms with E-state index in [1.165, 1.54) is 6.07 Å². The van der Waals surface area contributed by atoms with Crippen LogP contribution in [0.15, 0.2) is 21.3 Å². The van der Waals surface area contributed by atoms with Crippen LogP contribution in [-0.2, 0) is 6.42 Å². The van der Waals surface area contributed by atoms with E-state index in [-0.39, 0.29) is 17.5 Å². The molecule has 0 saturated heterocycles. The van der Waals surface area contributed by atoms with Gasteiger partial charge in [-0.1, -0.05) is 0 Å². The molecule has 126 valence electrons. The minimum absolute atomic E-state index is 0.0924. The van der Waals surface area contributed by atoms with E-state index in [0.29, 0.717) is 23.5 Å². The Morgan fingerprint density at radius 1 is 1.29 bits per heavy atom. The highest BCUT2D eigenvalue weighted by Crippen LogP contribution is 2.29. The van der Waals surface area contributed by atoms with Crippen molar-refractivity contribution in [2.24, 2.45) is 5.73 Å². The molecule has 3 rings (SSSR count). The van der Waals surface area contributed by atoms with Crippen LogP contribution < -0.4 is 16.6 Å². The van der Waals surface area contributed by atoms with E-state index in [4.69, 9.17) is 10.2 Å². The molecule has 0 aliphatic heterocycles. The predicted octanol–water partition coefficient (Wildman–Crippen LogP) is 1.49. The number of amides is 2. The lowest BCUT2D eigenvalue weighted by Crippen LogP contribution is -2.34. The van der Waals surface area contributed by atoms with Gasteiger partial charge in [0.25, 0.3) is 17.4 Å². The molecule has 0 saturated carbocycles. The Balaban J connectivity index is 1.93. The van der Waals surface area contributed by atoms with E-state index in [1.807, 2.05) is 0 Å². The summed E-state index contributed by atoms with van der Waals surface area (Å²) in [6, 6.07) is 2.90. The molecule has 0 aromatic carbocycles. The van der Waals surface area contributed by atoms with Gasteiger partial charge >= 0.3 is 0 Å². The van der Waals surface area contributed by atoms with Crippen LogP contribution in [-0.4, -0.2) is 16.8 Å². The summed E-state index contributed by atoms with van der Waals surface area (Å²) < 4.78 is 5.39. The van der Waals surface area contributed by atoms with E-state index in [1.54, 1.807) is 19.9 Å². The van der Waals surface area contributed by atoms with Gasteiger partial charge in [0.15, 0.2) is 0 Å². The SMILES string of the molecule is Cc1cc(C(=O)NC2CCCc3[nH]c(=O)c(C(N)=O)cc32)c(C)o1. The normalized spacial score (nSPS) is 16.5. The number of hydrogen-bond donors (Lipinski definition) is 3. The molecule has 0 spiro atoms. The molecule has 0 fully saturated rings. The van der Waals surface area contributed by atoms with Gasteiger partial charge in [0.2, 0.25) is 0 Å². The van der Waals surface area contributed by atoms with E-state index in [2.05, 4.69) is 10.3 Å². The Morgan fingerprint density at radius 2 is 2.04 bits per heavy atom. The summed E-state index contributed by atoms with van der Waals surface area (Å²) in [6.07, 6.45) is 2.24. The topological polar surface area (TPSA) is 118 Å². The summed E-state index contributed by atoms with van der Waals surface area (Å²) in [6.45, 7) is 3.52. The largest absolute Gasteiger partial charge is 0.466 e. The molecule has 7 nitrogen and oxygen atoms in total. The van der Waals surface area contributed by atoms with Crippen molar-refractivity contribution in [1.29, 1.82) is 0 Å². The first-order chi connectivity index (χ1) is 11.4. The van der Waals surface area contributed by atoms with Gasteiger partial charge in [0, 0.05) is 5.69 Å². The summed E-state index contributed by atoms with van der Waals surface area (Å²) in [5, 5.41) is 2.96. The fourth-order valence-corrected chi connectivity index (χ4v) is 3.17. The molecule has 1 atom stereocenters. The molecule has 2 amide bonds. The number of furan rings is 1. The van der Waals surface area contributed by atoms with E-state index < -0.39 is 11.5 Å². The number of nitrogens with one attached hydrogen (secondary N) is 2. The number of aromatic nitrogens is 1. The molecule has 24 heavy (non-hydrogen) atoms. The number of carbonyl (C=O) groups is 2. The summed E-state index contributed by atoms with van der Waals surface area (Å²) >= 11 is 0. The molecule has 7 heteroatoms. The van der Waals surface area contributed by atoms with Crippen LogP contribution in [0.3, 0.4) is 0 Å². The van der Waals surface area contributed by atoms with E-state index >= 15 is 0 Å². The lowest BCUT2D eigenvalue weighted by molar-refractivity contribution is 0.0930. The van der Waals surface area contributed by atoms with Gasteiger partial charge in [-0.2, -0.15) is 0 Å². The Bertz CT molecular complexity index is 878. The zero-order chi connectivity index (χ0) is 17.4. The molecule has 0 bridgehead atoms. The third-order valence-corrected chi connectivity index (χ3v) is 4.31. The molecule has 2 heterocycles. The zero-order valence-corrected chi connectivity index (χ0v) is 13.6.